The van der Waals surface area contributed by atoms with Crippen LogP contribution in [0.2, 0.25) is 0 Å². The van der Waals surface area contributed by atoms with E-state index in [0.717, 1.165) is 5.56 Å². The van der Waals surface area contributed by atoms with E-state index in [9.17, 15) is 4.79 Å². The van der Waals surface area contributed by atoms with Crippen molar-refractivity contribution in [1.29, 1.82) is 5.41 Å². The van der Waals surface area contributed by atoms with E-state index in [1.165, 1.54) is 0 Å². The van der Waals surface area contributed by atoms with Crippen LogP contribution in [0.25, 0.3) is 0 Å². The smallest absolute Gasteiger partial charge is 0.255 e. The lowest BCUT2D eigenvalue weighted by Gasteiger charge is -2.20. The van der Waals surface area contributed by atoms with Gasteiger partial charge < -0.3 is 16.0 Å². The third-order valence-corrected chi connectivity index (χ3v) is 3.25. The third kappa shape index (κ3) is 4.05. The van der Waals surface area contributed by atoms with Gasteiger partial charge in [-0.25, -0.2) is 0 Å². The van der Waals surface area contributed by atoms with Crippen molar-refractivity contribution in [3.8, 4) is 0 Å². The number of amides is 1. The average molecular weight is 297 g/mol. The summed E-state index contributed by atoms with van der Waals surface area (Å²) in [6.07, 6.45) is 3.25. The molecule has 0 atom stereocenters. The van der Waals surface area contributed by atoms with E-state index in [-0.39, 0.29) is 11.9 Å². The molecule has 1 amide bonds. The first kappa shape index (κ1) is 15.5. The van der Waals surface area contributed by atoms with Crippen LogP contribution in [0.4, 0.5) is 5.69 Å². The van der Waals surface area contributed by atoms with Gasteiger partial charge in [0.1, 0.15) is 0 Å². The van der Waals surface area contributed by atoms with Crippen LogP contribution >= 0.6 is 0 Å². The zero-order valence-corrected chi connectivity index (χ0v) is 12.4. The zero-order valence-electron chi connectivity index (χ0n) is 12.4. The number of rotatable bonds is 5. The number of carbonyl (C=O) groups excluding carboxylic acids is 1. The van der Waals surface area contributed by atoms with Gasteiger partial charge >= 0.3 is 0 Å². The first-order chi connectivity index (χ1) is 10.6. The highest BCUT2D eigenvalue weighted by Gasteiger charge is 2.08. The van der Waals surface area contributed by atoms with Crippen LogP contribution in [-0.4, -0.2) is 28.3 Å². The molecule has 22 heavy (non-hydrogen) atoms. The molecule has 0 bridgehead atoms. The molecule has 2 rings (SSSR count). The third-order valence-electron chi connectivity index (χ3n) is 3.25. The van der Waals surface area contributed by atoms with Crippen LogP contribution < -0.4 is 11.1 Å². The van der Waals surface area contributed by atoms with Gasteiger partial charge in [-0.05, 0) is 36.8 Å². The fourth-order valence-corrected chi connectivity index (χ4v) is 1.99. The molecule has 0 saturated carbocycles. The summed E-state index contributed by atoms with van der Waals surface area (Å²) < 4.78 is 0. The van der Waals surface area contributed by atoms with Gasteiger partial charge in [-0.1, -0.05) is 12.1 Å². The summed E-state index contributed by atoms with van der Waals surface area (Å²) in [5.41, 5.74) is 7.78. The first-order valence-corrected chi connectivity index (χ1v) is 6.99. The molecule has 0 fully saturated rings. The Labute approximate surface area is 129 Å². The lowest BCUT2D eigenvalue weighted by atomic mass is 10.1. The number of guanidine groups is 1. The van der Waals surface area contributed by atoms with Crippen LogP contribution in [0.5, 0.6) is 0 Å². The fraction of sp³-hybridized carbons (Fsp3) is 0.188. The summed E-state index contributed by atoms with van der Waals surface area (Å²) in [6.45, 7) is 3.16. The monoisotopic (exact) mass is 297 g/mol. The molecule has 114 valence electrons. The highest BCUT2D eigenvalue weighted by molar-refractivity contribution is 6.04. The zero-order chi connectivity index (χ0) is 15.9. The largest absolute Gasteiger partial charge is 0.370 e. The van der Waals surface area contributed by atoms with Crippen LogP contribution in [0.1, 0.15) is 22.8 Å². The van der Waals surface area contributed by atoms with Gasteiger partial charge in [-0.3, -0.25) is 15.2 Å². The molecule has 0 aliphatic heterocycles. The summed E-state index contributed by atoms with van der Waals surface area (Å²) in [5.74, 6) is -0.126. The molecule has 1 aromatic carbocycles. The SMILES string of the molecule is CCN(Cc1ccc(C(=O)Nc2ccncc2)cc1)C(=N)N. The molecule has 0 radical (unpaired) electrons. The van der Waals surface area contributed by atoms with E-state index in [0.29, 0.717) is 24.3 Å². The molecule has 1 heterocycles. The maximum absolute atomic E-state index is 12.1. The normalized spacial score (nSPS) is 10.0. The Kier molecular flexibility index (Phi) is 5.08. The molecular weight excluding hydrogens is 278 g/mol. The highest BCUT2D eigenvalue weighted by atomic mass is 16.1. The number of nitrogens with one attached hydrogen (secondary N) is 2. The van der Waals surface area contributed by atoms with Gasteiger partial charge in [0.25, 0.3) is 5.91 Å². The second-order valence-electron chi connectivity index (χ2n) is 4.79. The number of benzene rings is 1. The quantitative estimate of drug-likeness (QED) is 0.581. The van der Waals surface area contributed by atoms with Gasteiger partial charge in [0.05, 0.1) is 0 Å². The molecule has 6 heteroatoms. The number of carbonyl (C=O) groups is 1. The number of anilines is 1. The summed E-state index contributed by atoms with van der Waals surface area (Å²) in [6, 6.07) is 10.7. The molecule has 4 N–H and O–H groups in total. The molecule has 0 aliphatic rings. The Balaban J connectivity index is 2.02. The number of hydrogen-bond donors (Lipinski definition) is 3. The van der Waals surface area contributed by atoms with Crippen molar-refractivity contribution in [3.63, 3.8) is 0 Å². The second kappa shape index (κ2) is 7.21. The van der Waals surface area contributed by atoms with Crippen molar-refractivity contribution in [2.45, 2.75) is 13.5 Å². The van der Waals surface area contributed by atoms with E-state index in [2.05, 4.69) is 10.3 Å². The van der Waals surface area contributed by atoms with E-state index in [4.69, 9.17) is 11.1 Å². The van der Waals surface area contributed by atoms with Crippen molar-refractivity contribution >= 4 is 17.6 Å². The molecule has 0 spiro atoms. The van der Waals surface area contributed by atoms with Crippen molar-refractivity contribution < 1.29 is 4.79 Å². The molecule has 0 saturated heterocycles. The van der Waals surface area contributed by atoms with Gasteiger partial charge in [-0.15, -0.1) is 0 Å². The first-order valence-electron chi connectivity index (χ1n) is 6.99. The van der Waals surface area contributed by atoms with Crippen LogP contribution in [-0.2, 0) is 6.54 Å². The number of hydrogen-bond acceptors (Lipinski definition) is 3. The van der Waals surface area contributed by atoms with Gasteiger partial charge in [0.2, 0.25) is 0 Å². The predicted molar refractivity (Wildman–Crippen MR) is 86.6 cm³/mol. The summed E-state index contributed by atoms with van der Waals surface area (Å²) in [4.78, 5) is 17.8. The molecular formula is C16H19N5O. The van der Waals surface area contributed by atoms with Crippen LogP contribution in [0, 0.1) is 5.41 Å². The lowest BCUT2D eigenvalue weighted by molar-refractivity contribution is 0.102. The topological polar surface area (TPSA) is 95.1 Å². The maximum atomic E-state index is 12.1. The fourth-order valence-electron chi connectivity index (χ4n) is 1.99. The molecule has 1 aromatic heterocycles. The minimum Gasteiger partial charge on any atom is -0.370 e. The average Bonchev–Trinajstić information content (AvgIpc) is 2.53. The van der Waals surface area contributed by atoms with E-state index in [1.807, 2.05) is 19.1 Å². The van der Waals surface area contributed by atoms with Gasteiger partial charge in [-0.2, -0.15) is 0 Å². The minimum absolute atomic E-state index is 0.0435. The van der Waals surface area contributed by atoms with Crippen molar-refractivity contribution in [2.75, 3.05) is 11.9 Å². The molecule has 6 nitrogen and oxygen atoms in total. The lowest BCUT2D eigenvalue weighted by Crippen LogP contribution is -2.35. The van der Waals surface area contributed by atoms with Crippen molar-refractivity contribution in [2.24, 2.45) is 5.73 Å². The second-order valence-corrected chi connectivity index (χ2v) is 4.79. The Hall–Kier alpha value is -2.89. The Morgan fingerprint density at radius 3 is 2.41 bits per heavy atom. The van der Waals surface area contributed by atoms with Crippen LogP contribution in [0.15, 0.2) is 48.8 Å². The minimum atomic E-state index is -0.170. The van der Waals surface area contributed by atoms with Gasteiger partial charge in [0.15, 0.2) is 5.96 Å². The van der Waals surface area contributed by atoms with E-state index >= 15 is 0 Å². The predicted octanol–water partition coefficient (Wildman–Crippen LogP) is 2.05. The number of pyridine rings is 1. The van der Waals surface area contributed by atoms with Crippen molar-refractivity contribution in [1.82, 2.24) is 9.88 Å². The number of aromatic nitrogens is 1. The Morgan fingerprint density at radius 1 is 1.23 bits per heavy atom. The van der Waals surface area contributed by atoms with E-state index in [1.54, 1.807) is 41.6 Å². The van der Waals surface area contributed by atoms with E-state index < -0.39 is 0 Å². The summed E-state index contributed by atoms with van der Waals surface area (Å²) in [5, 5.41) is 10.3. The molecule has 0 unspecified atom stereocenters. The molecule has 0 aliphatic carbocycles. The standard InChI is InChI=1S/C16H19N5O/c1-2-21(16(17)18)11-12-3-5-13(6-4-12)15(22)20-14-7-9-19-10-8-14/h3-10H,2,11H2,1H3,(H3,17,18)(H,19,20,22). The van der Waals surface area contributed by atoms with Gasteiger partial charge in [0, 0.05) is 36.7 Å². The van der Waals surface area contributed by atoms with Crippen molar-refractivity contribution in [3.05, 3.63) is 59.9 Å². The summed E-state index contributed by atoms with van der Waals surface area (Å²) >= 11 is 0. The Morgan fingerprint density at radius 2 is 1.86 bits per heavy atom. The summed E-state index contributed by atoms with van der Waals surface area (Å²) in [7, 11) is 0. The number of nitrogens with zero attached hydrogens (tertiary/aromatic N) is 2. The highest BCUT2D eigenvalue weighted by Crippen LogP contribution is 2.10. The molecule has 2 aromatic rings. The number of nitrogens with two attached hydrogens (primary N) is 1. The van der Waals surface area contributed by atoms with Crippen LogP contribution in [0.3, 0.4) is 0 Å². The Bertz CT molecular complexity index is 639. The maximum Gasteiger partial charge on any atom is 0.255 e.